The van der Waals surface area contributed by atoms with Gasteiger partial charge in [0.1, 0.15) is 0 Å². The van der Waals surface area contributed by atoms with E-state index in [9.17, 15) is 4.79 Å². The maximum Gasteiger partial charge on any atom is 0.244 e. The number of nitrogens with one attached hydrogen (secondary N) is 1. The number of fused-ring (bicyclic) bond motifs is 1. The summed E-state index contributed by atoms with van der Waals surface area (Å²) in [6, 6.07) is 26.1. The van der Waals surface area contributed by atoms with Crippen molar-refractivity contribution in [3.8, 4) is 11.1 Å². The fourth-order valence-electron chi connectivity index (χ4n) is 4.35. The zero-order chi connectivity index (χ0) is 22.5. The molecule has 0 bridgehead atoms. The lowest BCUT2D eigenvalue weighted by molar-refractivity contribution is -0.120. The van der Waals surface area contributed by atoms with Crippen molar-refractivity contribution in [2.45, 2.75) is 25.4 Å². The van der Waals surface area contributed by atoms with Crippen molar-refractivity contribution in [3.05, 3.63) is 114 Å². The average Bonchev–Trinajstić information content (AvgIpc) is 3.31. The van der Waals surface area contributed by atoms with Crippen molar-refractivity contribution in [1.29, 1.82) is 0 Å². The number of aromatic nitrogens is 2. The number of pyridine rings is 2. The molecule has 0 saturated heterocycles. The lowest BCUT2D eigenvalue weighted by atomic mass is 10.0. The van der Waals surface area contributed by atoms with E-state index < -0.39 is 0 Å². The van der Waals surface area contributed by atoms with Crippen LogP contribution in [0.15, 0.2) is 97.5 Å². The molecule has 0 radical (unpaired) electrons. The van der Waals surface area contributed by atoms with E-state index in [4.69, 9.17) is 0 Å². The van der Waals surface area contributed by atoms with E-state index in [0.29, 0.717) is 19.5 Å². The van der Waals surface area contributed by atoms with Gasteiger partial charge in [0.2, 0.25) is 5.91 Å². The number of hydrogen-bond donors (Lipinski definition) is 1. The van der Waals surface area contributed by atoms with Crippen LogP contribution in [0.25, 0.3) is 11.1 Å². The van der Waals surface area contributed by atoms with Gasteiger partial charge in [0, 0.05) is 37.4 Å². The molecule has 1 aliphatic heterocycles. The normalized spacial score (nSPS) is 13.5. The number of nitrogens with zero attached hydrogens (tertiary/aromatic N) is 3. The minimum absolute atomic E-state index is 0.0976. The topological polar surface area (TPSA) is 58.1 Å². The molecular formula is C28H26N4O. The lowest BCUT2D eigenvalue weighted by Crippen LogP contribution is -2.47. The van der Waals surface area contributed by atoms with Crippen molar-refractivity contribution >= 4 is 11.6 Å². The Labute approximate surface area is 194 Å². The molecule has 5 nitrogen and oxygen atoms in total. The van der Waals surface area contributed by atoms with Crippen molar-refractivity contribution in [2.75, 3.05) is 11.4 Å². The van der Waals surface area contributed by atoms with E-state index >= 15 is 0 Å². The number of carbonyl (C=O) groups excluding carboxylic acids is 1. The minimum Gasteiger partial charge on any atom is -0.310 e. The Kier molecular flexibility index (Phi) is 6.22. The minimum atomic E-state index is -0.343. The molecule has 3 heterocycles. The summed E-state index contributed by atoms with van der Waals surface area (Å²) in [7, 11) is 0. The highest BCUT2D eigenvalue weighted by Crippen LogP contribution is 2.33. The Morgan fingerprint density at radius 1 is 0.909 bits per heavy atom. The third-order valence-electron chi connectivity index (χ3n) is 6.10. The summed E-state index contributed by atoms with van der Waals surface area (Å²) in [5.41, 5.74) is 6.47. The van der Waals surface area contributed by atoms with E-state index in [2.05, 4.69) is 45.6 Å². The molecule has 164 valence electrons. The van der Waals surface area contributed by atoms with Crippen molar-refractivity contribution in [1.82, 2.24) is 15.3 Å². The first-order chi connectivity index (χ1) is 16.3. The second-order valence-corrected chi connectivity index (χ2v) is 8.26. The van der Waals surface area contributed by atoms with E-state index in [0.717, 1.165) is 34.5 Å². The fraction of sp³-hybridized carbons (Fsp3) is 0.179. The predicted molar refractivity (Wildman–Crippen MR) is 131 cm³/mol. The van der Waals surface area contributed by atoms with Crippen molar-refractivity contribution in [3.63, 3.8) is 0 Å². The molecule has 1 amide bonds. The van der Waals surface area contributed by atoms with Crippen LogP contribution in [0.3, 0.4) is 0 Å². The summed E-state index contributed by atoms with van der Waals surface area (Å²) in [4.78, 5) is 24.3. The molecule has 1 atom stereocenters. The summed E-state index contributed by atoms with van der Waals surface area (Å²) in [6.45, 7) is 1.24. The van der Waals surface area contributed by atoms with Crippen LogP contribution in [0.2, 0.25) is 0 Å². The van der Waals surface area contributed by atoms with Gasteiger partial charge in [0.05, 0.1) is 11.7 Å². The number of benzene rings is 2. The zero-order valence-electron chi connectivity index (χ0n) is 18.4. The zero-order valence-corrected chi connectivity index (χ0v) is 18.4. The van der Waals surface area contributed by atoms with Crippen LogP contribution in [0.1, 0.15) is 16.8 Å². The third-order valence-corrected chi connectivity index (χ3v) is 6.10. The maximum atomic E-state index is 13.8. The molecule has 5 rings (SSSR count). The SMILES string of the molecule is O=C([C@H](Cc1ccccc1)NCc1ccccn1)N1CCc2ccc(-c3ccncc3)cc21. The van der Waals surface area contributed by atoms with Gasteiger partial charge in [-0.1, -0.05) is 48.5 Å². The lowest BCUT2D eigenvalue weighted by Gasteiger charge is -2.25. The average molecular weight is 435 g/mol. The summed E-state index contributed by atoms with van der Waals surface area (Å²) >= 11 is 0. The predicted octanol–water partition coefficient (Wildman–Crippen LogP) is 4.43. The van der Waals surface area contributed by atoms with Crippen molar-refractivity contribution in [2.24, 2.45) is 0 Å². The quantitative estimate of drug-likeness (QED) is 0.467. The van der Waals surface area contributed by atoms with E-state index in [-0.39, 0.29) is 11.9 Å². The molecule has 4 aromatic rings. The second-order valence-electron chi connectivity index (χ2n) is 8.26. The largest absolute Gasteiger partial charge is 0.310 e. The van der Waals surface area contributed by atoms with Gasteiger partial charge in [-0.3, -0.25) is 20.1 Å². The van der Waals surface area contributed by atoms with Crippen LogP contribution < -0.4 is 10.2 Å². The van der Waals surface area contributed by atoms with Gasteiger partial charge in [0.25, 0.3) is 0 Å². The van der Waals surface area contributed by atoms with Gasteiger partial charge in [-0.2, -0.15) is 0 Å². The van der Waals surface area contributed by atoms with Gasteiger partial charge in [-0.05, 0) is 65.4 Å². The Bertz CT molecular complexity index is 1210. The van der Waals surface area contributed by atoms with Crippen LogP contribution in [-0.4, -0.2) is 28.5 Å². The van der Waals surface area contributed by atoms with Crippen LogP contribution in [-0.2, 0) is 24.2 Å². The van der Waals surface area contributed by atoms with E-state index in [1.165, 1.54) is 5.56 Å². The third kappa shape index (κ3) is 4.83. The van der Waals surface area contributed by atoms with Crippen LogP contribution in [0.4, 0.5) is 5.69 Å². The maximum absolute atomic E-state index is 13.8. The Morgan fingerprint density at radius 2 is 1.73 bits per heavy atom. The molecule has 2 aromatic heterocycles. The highest BCUT2D eigenvalue weighted by Gasteiger charge is 2.30. The number of hydrogen-bond acceptors (Lipinski definition) is 4. The molecule has 0 saturated carbocycles. The molecular weight excluding hydrogens is 408 g/mol. The summed E-state index contributed by atoms with van der Waals surface area (Å²) < 4.78 is 0. The van der Waals surface area contributed by atoms with Crippen LogP contribution in [0, 0.1) is 0 Å². The standard InChI is InChI=1S/C28H26N4O/c33-28(26(18-21-6-2-1-3-7-21)31-20-25-8-4-5-14-30-25)32-17-13-23-9-10-24(19-27(23)32)22-11-15-29-16-12-22/h1-12,14-16,19,26,31H,13,17-18,20H2/t26-/m0/s1. The molecule has 0 fully saturated rings. The molecule has 2 aromatic carbocycles. The van der Waals surface area contributed by atoms with Crippen molar-refractivity contribution < 1.29 is 4.79 Å². The first-order valence-corrected chi connectivity index (χ1v) is 11.3. The number of amides is 1. The van der Waals surface area contributed by atoms with E-state index in [1.54, 1.807) is 18.6 Å². The Hall–Kier alpha value is -3.83. The van der Waals surface area contributed by atoms with Gasteiger partial charge < -0.3 is 4.90 Å². The summed E-state index contributed by atoms with van der Waals surface area (Å²) in [5, 5.41) is 3.48. The van der Waals surface area contributed by atoms with E-state index in [1.807, 2.05) is 53.4 Å². The number of anilines is 1. The Balaban J connectivity index is 1.41. The van der Waals surface area contributed by atoms with Gasteiger partial charge in [-0.25, -0.2) is 0 Å². The first kappa shape index (κ1) is 21.0. The first-order valence-electron chi connectivity index (χ1n) is 11.3. The molecule has 0 aliphatic carbocycles. The van der Waals surface area contributed by atoms with Crippen LogP contribution >= 0.6 is 0 Å². The molecule has 5 heteroatoms. The summed E-state index contributed by atoms with van der Waals surface area (Å²) in [6.07, 6.45) is 6.87. The molecule has 0 unspecified atom stereocenters. The molecule has 1 N–H and O–H groups in total. The smallest absolute Gasteiger partial charge is 0.244 e. The van der Waals surface area contributed by atoms with Gasteiger partial charge in [0.15, 0.2) is 0 Å². The molecule has 0 spiro atoms. The second kappa shape index (κ2) is 9.76. The highest BCUT2D eigenvalue weighted by atomic mass is 16.2. The Morgan fingerprint density at radius 3 is 2.52 bits per heavy atom. The number of rotatable bonds is 7. The summed E-state index contributed by atoms with van der Waals surface area (Å²) in [5.74, 6) is 0.0976. The number of carbonyl (C=O) groups is 1. The van der Waals surface area contributed by atoms with Crippen LogP contribution in [0.5, 0.6) is 0 Å². The fourth-order valence-corrected chi connectivity index (χ4v) is 4.35. The van der Waals surface area contributed by atoms with Gasteiger partial charge >= 0.3 is 0 Å². The highest BCUT2D eigenvalue weighted by molar-refractivity contribution is 5.99. The molecule has 1 aliphatic rings. The van der Waals surface area contributed by atoms with Gasteiger partial charge in [-0.15, -0.1) is 0 Å². The molecule has 33 heavy (non-hydrogen) atoms. The monoisotopic (exact) mass is 434 g/mol.